The van der Waals surface area contributed by atoms with Crippen molar-refractivity contribution in [2.45, 2.75) is 39.8 Å². The second kappa shape index (κ2) is 7.86. The van der Waals surface area contributed by atoms with Crippen LogP contribution >= 0.6 is 0 Å². The molecule has 5 heterocycles. The molecule has 0 unspecified atom stereocenters. The number of hydrogen-bond acceptors (Lipinski definition) is 5. The van der Waals surface area contributed by atoms with Gasteiger partial charge in [-0.3, -0.25) is 19.6 Å². The van der Waals surface area contributed by atoms with Gasteiger partial charge < -0.3 is 9.32 Å². The molecule has 1 aliphatic heterocycles. The summed E-state index contributed by atoms with van der Waals surface area (Å²) in [4.78, 5) is 19.1. The number of aromatic amines is 1. The zero-order chi connectivity index (χ0) is 21.4. The molecule has 0 saturated carbocycles. The molecule has 0 bridgehead atoms. The van der Waals surface area contributed by atoms with E-state index in [-0.39, 0.29) is 5.91 Å². The van der Waals surface area contributed by atoms with Crippen LogP contribution < -0.4 is 0 Å². The average molecular weight is 416 g/mol. The summed E-state index contributed by atoms with van der Waals surface area (Å²) >= 11 is 0. The van der Waals surface area contributed by atoms with Crippen LogP contribution in [0.2, 0.25) is 0 Å². The molecule has 31 heavy (non-hydrogen) atoms. The van der Waals surface area contributed by atoms with Crippen LogP contribution in [-0.4, -0.2) is 42.3 Å². The van der Waals surface area contributed by atoms with Gasteiger partial charge >= 0.3 is 0 Å². The Morgan fingerprint density at radius 1 is 1.16 bits per heavy atom. The number of carbonyl (C=O) groups excluding carboxylic acids is 1. The molecule has 4 aromatic rings. The van der Waals surface area contributed by atoms with Gasteiger partial charge in [-0.2, -0.15) is 10.2 Å². The van der Waals surface area contributed by atoms with Gasteiger partial charge in [0.2, 0.25) is 0 Å². The zero-order valence-corrected chi connectivity index (χ0v) is 17.6. The number of hydrogen-bond donors (Lipinski definition) is 1. The van der Waals surface area contributed by atoms with Gasteiger partial charge in [-0.15, -0.1) is 0 Å². The molecule has 1 aliphatic rings. The lowest BCUT2D eigenvalue weighted by Crippen LogP contribution is -2.30. The SMILES string of the molecule is Cc1n[nH]c(C)c1Cc1ccc(C(=O)N2CCCn3nc(-c4ccncc4)cc3C2)o1. The first kappa shape index (κ1) is 19.3. The molecule has 8 nitrogen and oxygen atoms in total. The van der Waals surface area contributed by atoms with Gasteiger partial charge in [-0.25, -0.2) is 0 Å². The number of nitrogens with zero attached hydrogens (tertiary/aromatic N) is 5. The molecular weight excluding hydrogens is 392 g/mol. The van der Waals surface area contributed by atoms with Gasteiger partial charge in [0.05, 0.1) is 23.6 Å². The van der Waals surface area contributed by atoms with Crippen molar-refractivity contribution in [3.63, 3.8) is 0 Å². The summed E-state index contributed by atoms with van der Waals surface area (Å²) in [5.41, 5.74) is 6.02. The summed E-state index contributed by atoms with van der Waals surface area (Å²) in [6.07, 6.45) is 4.98. The Bertz CT molecular complexity index is 1200. The molecule has 0 fully saturated rings. The lowest BCUT2D eigenvalue weighted by molar-refractivity contribution is 0.0712. The van der Waals surface area contributed by atoms with Crippen LogP contribution in [0, 0.1) is 13.8 Å². The van der Waals surface area contributed by atoms with E-state index in [1.807, 2.05) is 41.6 Å². The predicted octanol–water partition coefficient (Wildman–Crippen LogP) is 3.51. The van der Waals surface area contributed by atoms with Crippen LogP contribution in [0.3, 0.4) is 0 Å². The van der Waals surface area contributed by atoms with Gasteiger partial charge in [0.25, 0.3) is 5.91 Å². The molecular formula is C23H24N6O2. The molecule has 0 radical (unpaired) electrons. The van der Waals surface area contributed by atoms with E-state index in [9.17, 15) is 4.79 Å². The van der Waals surface area contributed by atoms with Gasteiger partial charge in [0, 0.05) is 48.7 Å². The number of aromatic nitrogens is 5. The maximum absolute atomic E-state index is 13.2. The molecule has 0 spiro atoms. The highest BCUT2D eigenvalue weighted by molar-refractivity contribution is 5.91. The summed E-state index contributed by atoms with van der Waals surface area (Å²) in [7, 11) is 0. The largest absolute Gasteiger partial charge is 0.456 e. The number of H-pyrrole nitrogens is 1. The van der Waals surface area contributed by atoms with E-state index in [1.54, 1.807) is 18.5 Å². The number of pyridine rings is 1. The Balaban J connectivity index is 1.34. The Labute approximate surface area is 179 Å². The van der Waals surface area contributed by atoms with Gasteiger partial charge in [-0.05, 0) is 50.6 Å². The molecule has 0 saturated heterocycles. The van der Waals surface area contributed by atoms with Crippen LogP contribution in [0.15, 0.2) is 47.1 Å². The fourth-order valence-electron chi connectivity index (χ4n) is 4.05. The van der Waals surface area contributed by atoms with Gasteiger partial charge in [0.15, 0.2) is 5.76 Å². The van der Waals surface area contributed by atoms with Crippen molar-refractivity contribution < 1.29 is 9.21 Å². The van der Waals surface area contributed by atoms with E-state index >= 15 is 0 Å². The molecule has 0 atom stereocenters. The number of rotatable bonds is 4. The van der Waals surface area contributed by atoms with Crippen molar-refractivity contribution in [1.82, 2.24) is 29.9 Å². The zero-order valence-electron chi connectivity index (χ0n) is 17.6. The quantitative estimate of drug-likeness (QED) is 0.549. The number of amides is 1. The van der Waals surface area contributed by atoms with Crippen molar-refractivity contribution >= 4 is 5.91 Å². The van der Waals surface area contributed by atoms with E-state index in [2.05, 4.69) is 21.2 Å². The maximum Gasteiger partial charge on any atom is 0.289 e. The summed E-state index contributed by atoms with van der Waals surface area (Å²) in [5, 5.41) is 11.9. The first-order chi connectivity index (χ1) is 15.1. The third-order valence-electron chi connectivity index (χ3n) is 5.78. The minimum atomic E-state index is -0.0907. The van der Waals surface area contributed by atoms with Crippen molar-refractivity contribution in [3.8, 4) is 11.3 Å². The molecule has 1 N–H and O–H groups in total. The fraction of sp³-hybridized carbons (Fsp3) is 0.304. The Morgan fingerprint density at radius 3 is 2.77 bits per heavy atom. The predicted molar refractivity (Wildman–Crippen MR) is 114 cm³/mol. The average Bonchev–Trinajstić information content (AvgIpc) is 3.46. The molecule has 0 aromatic carbocycles. The number of aryl methyl sites for hydroxylation is 3. The first-order valence-corrected chi connectivity index (χ1v) is 10.4. The summed E-state index contributed by atoms with van der Waals surface area (Å²) in [6.45, 7) is 5.92. The number of fused-ring (bicyclic) bond motifs is 1. The highest BCUT2D eigenvalue weighted by Gasteiger charge is 2.24. The normalized spacial score (nSPS) is 13.8. The number of furan rings is 1. The van der Waals surface area contributed by atoms with Crippen molar-refractivity contribution in [2.24, 2.45) is 0 Å². The number of nitrogens with one attached hydrogen (secondary N) is 1. The van der Waals surface area contributed by atoms with E-state index in [1.165, 1.54) is 0 Å². The fourth-order valence-corrected chi connectivity index (χ4v) is 4.05. The summed E-state index contributed by atoms with van der Waals surface area (Å²) < 4.78 is 7.92. The monoisotopic (exact) mass is 416 g/mol. The highest BCUT2D eigenvalue weighted by atomic mass is 16.4. The molecule has 5 rings (SSSR count). The number of carbonyl (C=O) groups is 1. The van der Waals surface area contributed by atoms with Gasteiger partial charge in [0.1, 0.15) is 5.76 Å². The minimum Gasteiger partial charge on any atom is -0.456 e. The summed E-state index contributed by atoms with van der Waals surface area (Å²) in [6, 6.07) is 9.59. The molecule has 158 valence electrons. The Hall–Kier alpha value is -3.68. The maximum atomic E-state index is 13.2. The Morgan fingerprint density at radius 2 is 2.00 bits per heavy atom. The van der Waals surface area contributed by atoms with Gasteiger partial charge in [-0.1, -0.05) is 0 Å². The van der Waals surface area contributed by atoms with E-state index in [0.29, 0.717) is 25.3 Å². The van der Waals surface area contributed by atoms with Crippen LogP contribution in [0.25, 0.3) is 11.3 Å². The Kier molecular flexibility index (Phi) is 4.89. The highest BCUT2D eigenvalue weighted by Crippen LogP contribution is 2.23. The minimum absolute atomic E-state index is 0.0907. The summed E-state index contributed by atoms with van der Waals surface area (Å²) in [5.74, 6) is 1.04. The molecule has 4 aromatic heterocycles. The third-order valence-corrected chi connectivity index (χ3v) is 5.78. The van der Waals surface area contributed by atoms with Crippen LogP contribution in [0.1, 0.15) is 45.4 Å². The van der Waals surface area contributed by atoms with E-state index < -0.39 is 0 Å². The van der Waals surface area contributed by atoms with Crippen molar-refractivity contribution in [1.29, 1.82) is 0 Å². The van der Waals surface area contributed by atoms with Crippen LogP contribution in [0.4, 0.5) is 0 Å². The lowest BCUT2D eigenvalue weighted by atomic mass is 10.1. The van der Waals surface area contributed by atoms with E-state index in [4.69, 9.17) is 9.52 Å². The third kappa shape index (κ3) is 3.76. The molecule has 0 aliphatic carbocycles. The van der Waals surface area contributed by atoms with E-state index in [0.717, 1.165) is 52.6 Å². The smallest absolute Gasteiger partial charge is 0.289 e. The molecule has 8 heteroatoms. The van der Waals surface area contributed by atoms with Crippen LogP contribution in [-0.2, 0) is 19.5 Å². The lowest BCUT2D eigenvalue weighted by Gasteiger charge is -2.18. The standard InChI is InChI=1S/C23H24N6O2/c1-15-20(16(2)26-25-15)13-19-4-5-22(31-19)23(30)28-10-3-11-29-18(14-28)12-21(27-29)17-6-8-24-9-7-17/h4-9,12H,3,10-11,13-14H2,1-2H3,(H,25,26). The first-order valence-electron chi connectivity index (χ1n) is 10.4. The second-order valence-electron chi connectivity index (χ2n) is 7.92. The second-order valence-corrected chi connectivity index (χ2v) is 7.92. The topological polar surface area (TPSA) is 92.8 Å². The van der Waals surface area contributed by atoms with Crippen molar-refractivity contribution in [3.05, 3.63) is 76.9 Å². The van der Waals surface area contributed by atoms with Crippen molar-refractivity contribution in [2.75, 3.05) is 6.54 Å². The van der Waals surface area contributed by atoms with Crippen LogP contribution in [0.5, 0.6) is 0 Å². The molecule has 1 amide bonds.